The van der Waals surface area contributed by atoms with Gasteiger partial charge in [-0.15, -0.1) is 0 Å². The van der Waals surface area contributed by atoms with E-state index in [4.69, 9.17) is 4.55 Å². The van der Waals surface area contributed by atoms with E-state index in [0.29, 0.717) is 6.42 Å². The maximum absolute atomic E-state index is 9.95. The first kappa shape index (κ1) is 13.2. The summed E-state index contributed by atoms with van der Waals surface area (Å²) in [6.07, 6.45) is 1.33. The molecule has 0 aromatic rings. The van der Waals surface area contributed by atoms with E-state index in [1.807, 2.05) is 6.92 Å². The van der Waals surface area contributed by atoms with E-state index in [2.05, 4.69) is 0 Å². The van der Waals surface area contributed by atoms with Gasteiger partial charge < -0.3 is 1.43 Å². The molecule has 0 aliphatic heterocycles. The van der Waals surface area contributed by atoms with Crippen molar-refractivity contribution in [3.8, 4) is 0 Å². The summed E-state index contributed by atoms with van der Waals surface area (Å²) in [5.41, 5.74) is 0. The van der Waals surface area contributed by atoms with Crippen LogP contribution in [0.4, 0.5) is 0 Å². The van der Waals surface area contributed by atoms with Crippen LogP contribution in [0.25, 0.3) is 0 Å². The first-order valence-corrected chi connectivity index (χ1v) is 4.12. The van der Waals surface area contributed by atoms with E-state index < -0.39 is 10.1 Å². The van der Waals surface area contributed by atoms with Gasteiger partial charge in [0.05, 0.1) is 5.75 Å². The average Bonchev–Trinajstić information content (AvgIpc) is 1.59. The third-order valence-electron chi connectivity index (χ3n) is 0.756. The predicted molar refractivity (Wildman–Crippen MR) is 32.4 cm³/mol. The smallest absolute Gasteiger partial charge is 1.00 e. The van der Waals surface area contributed by atoms with Gasteiger partial charge in [-0.1, -0.05) is 13.3 Å². The normalized spacial score (nSPS) is 10.4. The SMILES string of the molecule is CCCCS(=O)(=O)O.[H-].[K+]. The Morgan fingerprint density at radius 1 is 1.56 bits per heavy atom. The van der Waals surface area contributed by atoms with Crippen LogP contribution in [0.2, 0.25) is 0 Å². The molecule has 0 spiro atoms. The molecular formula is C4H11KO3S. The van der Waals surface area contributed by atoms with E-state index in [1.165, 1.54) is 0 Å². The van der Waals surface area contributed by atoms with Crippen molar-refractivity contribution in [1.82, 2.24) is 0 Å². The second-order valence-electron chi connectivity index (χ2n) is 1.64. The molecule has 0 aliphatic carbocycles. The van der Waals surface area contributed by atoms with Gasteiger partial charge in [0.15, 0.2) is 0 Å². The minimum atomic E-state index is -3.69. The van der Waals surface area contributed by atoms with E-state index >= 15 is 0 Å². The maximum Gasteiger partial charge on any atom is 1.00 e. The van der Waals surface area contributed by atoms with Crippen molar-refractivity contribution >= 4 is 10.1 Å². The van der Waals surface area contributed by atoms with Gasteiger partial charge in [-0.2, -0.15) is 8.42 Å². The molecule has 0 heterocycles. The van der Waals surface area contributed by atoms with Gasteiger partial charge in [0.2, 0.25) is 0 Å². The second kappa shape index (κ2) is 6.27. The summed E-state index contributed by atoms with van der Waals surface area (Å²) in [5, 5.41) is 0. The van der Waals surface area contributed by atoms with Crippen molar-refractivity contribution in [3.05, 3.63) is 0 Å². The largest absolute Gasteiger partial charge is 1.00 e. The molecule has 0 aliphatic rings. The third-order valence-corrected chi connectivity index (χ3v) is 1.56. The second-order valence-corrected chi connectivity index (χ2v) is 3.21. The van der Waals surface area contributed by atoms with Gasteiger partial charge in [-0.3, -0.25) is 4.55 Å². The van der Waals surface area contributed by atoms with Crippen LogP contribution in [0.1, 0.15) is 21.2 Å². The topological polar surface area (TPSA) is 54.4 Å². The molecule has 1 N–H and O–H groups in total. The van der Waals surface area contributed by atoms with Crippen LogP contribution in [0.15, 0.2) is 0 Å². The van der Waals surface area contributed by atoms with Crippen LogP contribution in [0.3, 0.4) is 0 Å². The van der Waals surface area contributed by atoms with Crippen molar-refractivity contribution in [2.75, 3.05) is 5.75 Å². The van der Waals surface area contributed by atoms with Gasteiger partial charge in [-0.25, -0.2) is 0 Å². The van der Waals surface area contributed by atoms with Crippen LogP contribution in [0, 0.1) is 0 Å². The molecular weight excluding hydrogens is 167 g/mol. The predicted octanol–water partition coefficient (Wildman–Crippen LogP) is -2.21. The summed E-state index contributed by atoms with van der Waals surface area (Å²) in [4.78, 5) is 0. The number of unbranched alkanes of at least 4 members (excludes halogenated alkanes) is 1. The summed E-state index contributed by atoms with van der Waals surface area (Å²) in [5.74, 6) is -0.108. The Hall–Kier alpha value is 1.55. The summed E-state index contributed by atoms with van der Waals surface area (Å²) < 4.78 is 28.0. The van der Waals surface area contributed by atoms with Gasteiger partial charge in [0, 0.05) is 0 Å². The van der Waals surface area contributed by atoms with Crippen LogP contribution in [0.5, 0.6) is 0 Å². The van der Waals surface area contributed by atoms with Crippen molar-refractivity contribution in [2.45, 2.75) is 19.8 Å². The van der Waals surface area contributed by atoms with Crippen LogP contribution < -0.4 is 51.4 Å². The molecule has 0 aromatic heterocycles. The Balaban J connectivity index is -0.000000245. The quantitative estimate of drug-likeness (QED) is 0.394. The van der Waals surface area contributed by atoms with Gasteiger partial charge in [0.25, 0.3) is 10.1 Å². The Labute approximate surface area is 99.9 Å². The number of hydrogen-bond acceptors (Lipinski definition) is 2. The van der Waals surface area contributed by atoms with Gasteiger partial charge >= 0.3 is 51.4 Å². The van der Waals surface area contributed by atoms with E-state index in [9.17, 15) is 8.42 Å². The minimum absolute atomic E-state index is 0. The summed E-state index contributed by atoms with van der Waals surface area (Å²) >= 11 is 0. The molecule has 0 saturated carbocycles. The van der Waals surface area contributed by atoms with Crippen molar-refractivity contribution < 1.29 is 65.8 Å². The molecule has 9 heavy (non-hydrogen) atoms. The molecule has 3 nitrogen and oxygen atoms in total. The molecule has 52 valence electrons. The Morgan fingerprint density at radius 2 is 2.00 bits per heavy atom. The third kappa shape index (κ3) is 12.7. The molecule has 0 saturated heterocycles. The summed E-state index contributed by atoms with van der Waals surface area (Å²) in [6.45, 7) is 1.87. The van der Waals surface area contributed by atoms with E-state index in [-0.39, 0.29) is 58.6 Å². The maximum atomic E-state index is 9.95. The molecule has 0 atom stereocenters. The molecule has 0 rings (SSSR count). The molecule has 0 radical (unpaired) electrons. The first-order chi connectivity index (χ1) is 3.56. The fourth-order valence-electron chi connectivity index (χ4n) is 0.327. The van der Waals surface area contributed by atoms with Crippen molar-refractivity contribution in [1.29, 1.82) is 0 Å². The monoisotopic (exact) mass is 178 g/mol. The molecule has 0 fully saturated rings. The zero-order chi connectivity index (χ0) is 6.62. The average molecular weight is 178 g/mol. The Bertz CT molecular complexity index is 145. The molecule has 0 unspecified atom stereocenters. The molecule has 0 aromatic carbocycles. The zero-order valence-electron chi connectivity index (χ0n) is 6.79. The molecule has 0 bridgehead atoms. The van der Waals surface area contributed by atoms with Crippen LogP contribution in [-0.2, 0) is 10.1 Å². The van der Waals surface area contributed by atoms with E-state index in [1.54, 1.807) is 0 Å². The first-order valence-electron chi connectivity index (χ1n) is 2.51. The van der Waals surface area contributed by atoms with Crippen molar-refractivity contribution in [2.24, 2.45) is 0 Å². The number of hydrogen-bond donors (Lipinski definition) is 1. The minimum Gasteiger partial charge on any atom is -1.00 e. The number of rotatable bonds is 3. The molecule has 0 amide bonds. The Kier molecular flexibility index (Phi) is 9.17. The summed E-state index contributed by atoms with van der Waals surface area (Å²) in [7, 11) is -3.69. The van der Waals surface area contributed by atoms with Crippen LogP contribution in [-0.4, -0.2) is 18.7 Å². The Morgan fingerprint density at radius 3 is 2.11 bits per heavy atom. The van der Waals surface area contributed by atoms with Gasteiger partial charge in [-0.05, 0) is 6.42 Å². The summed E-state index contributed by atoms with van der Waals surface area (Å²) in [6, 6.07) is 0. The van der Waals surface area contributed by atoms with E-state index in [0.717, 1.165) is 6.42 Å². The van der Waals surface area contributed by atoms with Crippen LogP contribution >= 0.6 is 0 Å². The van der Waals surface area contributed by atoms with Gasteiger partial charge in [0.1, 0.15) is 0 Å². The molecule has 5 heteroatoms. The standard InChI is InChI=1S/C4H10O3S.K.H/c1-2-3-4-8(5,6)7;;/h2-4H2,1H3,(H,5,6,7);;/q;+1;-1. The zero-order valence-corrected chi connectivity index (χ0v) is 9.73. The fraction of sp³-hybridized carbons (Fsp3) is 1.00. The fourth-order valence-corrected chi connectivity index (χ4v) is 0.980. The van der Waals surface area contributed by atoms with Crippen molar-refractivity contribution in [3.63, 3.8) is 0 Å².